The Hall–Kier alpha value is -3.59. The lowest BCUT2D eigenvalue weighted by molar-refractivity contribution is -0.509. The summed E-state index contributed by atoms with van der Waals surface area (Å²) in [6.07, 6.45) is 0. The number of ether oxygens (including phenoxy) is 1. The molecule has 32 heavy (non-hydrogen) atoms. The second-order valence-corrected chi connectivity index (χ2v) is 8.22. The number of nitrogens with one attached hydrogen (secondary N) is 2. The number of nitro groups is 1. The van der Waals surface area contributed by atoms with Gasteiger partial charge in [0.15, 0.2) is 0 Å². The molecule has 0 aliphatic carbocycles. The monoisotopic (exact) mass is 456 g/mol. The first-order valence-electron chi connectivity index (χ1n) is 10.0. The van der Waals surface area contributed by atoms with Crippen molar-refractivity contribution in [2.45, 2.75) is 38.5 Å². The number of H-pyrrole nitrogens is 1. The zero-order chi connectivity index (χ0) is 23.0. The van der Waals surface area contributed by atoms with Gasteiger partial charge < -0.3 is 10.1 Å². The van der Waals surface area contributed by atoms with Gasteiger partial charge in [-0.25, -0.2) is 0 Å². The molecular formula is C22H21ClN4O5. The van der Waals surface area contributed by atoms with E-state index in [2.05, 4.69) is 10.4 Å². The van der Waals surface area contributed by atoms with Crippen LogP contribution in [0, 0.1) is 10.1 Å². The van der Waals surface area contributed by atoms with Crippen LogP contribution in [0.25, 0.3) is 0 Å². The van der Waals surface area contributed by atoms with Crippen LogP contribution in [0.5, 0.6) is 5.75 Å². The summed E-state index contributed by atoms with van der Waals surface area (Å²) in [4.78, 5) is 36.4. The molecule has 2 atom stereocenters. The van der Waals surface area contributed by atoms with Gasteiger partial charge in [0.2, 0.25) is 0 Å². The van der Waals surface area contributed by atoms with Crippen LogP contribution in [0.2, 0.25) is 5.02 Å². The number of amides is 1. The van der Waals surface area contributed by atoms with Crippen molar-refractivity contribution in [1.82, 2.24) is 9.78 Å². The third-order valence-electron chi connectivity index (χ3n) is 5.43. The van der Waals surface area contributed by atoms with Gasteiger partial charge in [-0.1, -0.05) is 41.9 Å². The average molecular weight is 457 g/mol. The van der Waals surface area contributed by atoms with Crippen LogP contribution < -0.4 is 15.6 Å². The number of aromatic nitrogens is 2. The van der Waals surface area contributed by atoms with Gasteiger partial charge in [0.05, 0.1) is 11.5 Å². The molecule has 4 rings (SSSR count). The maximum atomic E-state index is 12.7. The molecule has 0 fully saturated rings. The molecule has 0 bridgehead atoms. The van der Waals surface area contributed by atoms with E-state index < -0.39 is 28.3 Å². The molecule has 1 aliphatic heterocycles. The Balaban J connectivity index is 1.68. The van der Waals surface area contributed by atoms with E-state index in [-0.39, 0.29) is 24.0 Å². The fraction of sp³-hybridized carbons (Fsp3) is 0.273. The quantitative estimate of drug-likeness (QED) is 0.432. The topological polar surface area (TPSA) is 119 Å². The summed E-state index contributed by atoms with van der Waals surface area (Å²) in [5, 5.41) is 17.6. The van der Waals surface area contributed by atoms with Gasteiger partial charge in [0, 0.05) is 21.6 Å². The molecular weight excluding hydrogens is 436 g/mol. The number of carbonyl (C=O) groups is 1. The van der Waals surface area contributed by atoms with Crippen LogP contribution in [-0.4, -0.2) is 26.7 Å². The lowest BCUT2D eigenvalue weighted by Gasteiger charge is -2.26. The van der Waals surface area contributed by atoms with Crippen molar-refractivity contribution in [3.8, 4) is 5.75 Å². The Labute approximate surface area is 188 Å². The van der Waals surface area contributed by atoms with E-state index in [0.717, 1.165) is 5.56 Å². The molecule has 2 heterocycles. The molecule has 0 saturated heterocycles. The lowest BCUT2D eigenvalue weighted by atomic mass is 9.83. The zero-order valence-corrected chi connectivity index (χ0v) is 18.1. The van der Waals surface area contributed by atoms with E-state index in [1.165, 1.54) is 4.68 Å². The minimum absolute atomic E-state index is 0.153. The van der Waals surface area contributed by atoms with Crippen molar-refractivity contribution < 1.29 is 14.5 Å². The van der Waals surface area contributed by atoms with E-state index in [4.69, 9.17) is 16.3 Å². The zero-order valence-electron chi connectivity index (χ0n) is 17.4. The lowest BCUT2D eigenvalue weighted by Crippen LogP contribution is -2.45. The summed E-state index contributed by atoms with van der Waals surface area (Å²) in [5.41, 5.74) is 0.996. The molecule has 0 unspecified atom stereocenters. The highest BCUT2D eigenvalue weighted by Gasteiger charge is 2.48. The average Bonchev–Trinajstić information content (AvgIpc) is 3.08. The Kier molecular flexibility index (Phi) is 5.75. The number of rotatable bonds is 6. The Morgan fingerprint density at radius 2 is 1.84 bits per heavy atom. The second-order valence-electron chi connectivity index (χ2n) is 7.81. The predicted molar refractivity (Wildman–Crippen MR) is 119 cm³/mol. The number of nitrogens with zero attached hydrogens (tertiary/aromatic N) is 2. The van der Waals surface area contributed by atoms with Gasteiger partial charge in [-0.05, 0) is 37.6 Å². The standard InChI is InChI=1S/C22H21ClN4O5/c1-12(2)26-20-18(21(28)25-26)17(19(27(30)31)22(29)24-20)13-7-9-15(10-8-13)32-11-14-5-3-4-6-16(14)23/h3-10,12,17,19H,11H2,1-2H3,(H,24,29)(H,25,28)/t17-,19-/m1/s1. The van der Waals surface area contributed by atoms with Gasteiger partial charge in [0.25, 0.3) is 5.56 Å². The van der Waals surface area contributed by atoms with Crippen LogP contribution in [-0.2, 0) is 11.4 Å². The predicted octanol–water partition coefficient (Wildman–Crippen LogP) is 3.72. The number of anilines is 1. The highest BCUT2D eigenvalue weighted by molar-refractivity contribution is 6.31. The van der Waals surface area contributed by atoms with Gasteiger partial charge in [-0.2, -0.15) is 0 Å². The van der Waals surface area contributed by atoms with Gasteiger partial charge in [-0.15, -0.1) is 0 Å². The molecule has 0 radical (unpaired) electrons. The number of benzene rings is 2. The van der Waals surface area contributed by atoms with E-state index in [9.17, 15) is 19.7 Å². The summed E-state index contributed by atoms with van der Waals surface area (Å²) >= 11 is 6.15. The van der Waals surface area contributed by atoms with E-state index in [0.29, 0.717) is 16.3 Å². The molecule has 3 aromatic rings. The van der Waals surface area contributed by atoms with Crippen molar-refractivity contribution >= 4 is 23.3 Å². The van der Waals surface area contributed by atoms with Crippen molar-refractivity contribution in [2.75, 3.05) is 5.32 Å². The van der Waals surface area contributed by atoms with Gasteiger partial charge in [-0.3, -0.25) is 29.5 Å². The maximum Gasteiger partial charge on any atom is 0.301 e. The summed E-state index contributed by atoms with van der Waals surface area (Å²) in [7, 11) is 0. The summed E-state index contributed by atoms with van der Waals surface area (Å²) in [6.45, 7) is 3.92. The van der Waals surface area contributed by atoms with Crippen molar-refractivity contribution in [2.24, 2.45) is 0 Å². The Bertz CT molecular complexity index is 1230. The molecule has 1 aliphatic rings. The van der Waals surface area contributed by atoms with Crippen LogP contribution in [0.4, 0.5) is 5.82 Å². The smallest absolute Gasteiger partial charge is 0.301 e. The highest BCUT2D eigenvalue weighted by Crippen LogP contribution is 2.38. The van der Waals surface area contributed by atoms with Crippen LogP contribution >= 0.6 is 11.6 Å². The van der Waals surface area contributed by atoms with Gasteiger partial charge >= 0.3 is 11.9 Å². The van der Waals surface area contributed by atoms with Gasteiger partial charge in [0.1, 0.15) is 18.2 Å². The molecule has 166 valence electrons. The SMILES string of the molecule is CC(C)n1[nH]c(=O)c2c1NC(=O)[C@H]([N+](=O)[O-])[C@@H]2c1ccc(OCc2ccccc2Cl)cc1. The fourth-order valence-corrected chi connectivity index (χ4v) is 4.07. The number of hydrogen-bond donors (Lipinski definition) is 2. The van der Waals surface area contributed by atoms with Crippen molar-refractivity contribution in [3.63, 3.8) is 0 Å². The van der Waals surface area contributed by atoms with E-state index in [1.54, 1.807) is 30.3 Å². The molecule has 9 nitrogen and oxygen atoms in total. The van der Waals surface area contributed by atoms with E-state index >= 15 is 0 Å². The number of carbonyl (C=O) groups excluding carboxylic acids is 1. The number of aromatic amines is 1. The van der Waals surface area contributed by atoms with Crippen molar-refractivity contribution in [1.29, 1.82) is 0 Å². The van der Waals surface area contributed by atoms with Crippen LogP contribution in [0.1, 0.15) is 42.5 Å². The minimum Gasteiger partial charge on any atom is -0.489 e. The molecule has 0 spiro atoms. The summed E-state index contributed by atoms with van der Waals surface area (Å²) in [5.74, 6) is -1.01. The summed E-state index contributed by atoms with van der Waals surface area (Å²) in [6, 6.07) is 12.1. The first kappa shape index (κ1) is 21.6. The minimum atomic E-state index is -1.62. The fourth-order valence-electron chi connectivity index (χ4n) is 3.88. The van der Waals surface area contributed by atoms with Crippen LogP contribution in [0.3, 0.4) is 0 Å². The molecule has 0 saturated carbocycles. The highest BCUT2D eigenvalue weighted by atomic mass is 35.5. The largest absolute Gasteiger partial charge is 0.489 e. The molecule has 1 aromatic heterocycles. The first-order chi connectivity index (χ1) is 15.3. The maximum absolute atomic E-state index is 12.7. The van der Waals surface area contributed by atoms with E-state index in [1.807, 2.05) is 32.0 Å². The number of hydrogen-bond acceptors (Lipinski definition) is 5. The molecule has 2 aromatic carbocycles. The second kappa shape index (κ2) is 8.51. The normalized spacial score (nSPS) is 17.7. The molecule has 1 amide bonds. The Morgan fingerprint density at radius 3 is 2.47 bits per heavy atom. The third kappa shape index (κ3) is 3.87. The van der Waals surface area contributed by atoms with Crippen molar-refractivity contribution in [3.05, 3.63) is 90.7 Å². The van der Waals surface area contributed by atoms with Crippen LogP contribution in [0.15, 0.2) is 53.3 Å². The number of halogens is 1. The Morgan fingerprint density at radius 1 is 1.16 bits per heavy atom. The molecule has 10 heteroatoms. The first-order valence-corrected chi connectivity index (χ1v) is 10.4. The number of fused-ring (bicyclic) bond motifs is 1. The molecule has 2 N–H and O–H groups in total. The third-order valence-corrected chi connectivity index (χ3v) is 5.80. The summed E-state index contributed by atoms with van der Waals surface area (Å²) < 4.78 is 7.28.